The molecule has 0 aromatic heterocycles. The molecular weight excluding hydrogens is 324 g/mol. The third-order valence-corrected chi connectivity index (χ3v) is 3.74. The van der Waals surface area contributed by atoms with E-state index < -0.39 is 24.6 Å². The average molecular weight is 348 g/mol. The number of rotatable bonds is 9. The second kappa shape index (κ2) is 9.05. The normalized spacial score (nSPS) is 14.3. The zero-order valence-corrected chi connectivity index (χ0v) is 14.6. The Morgan fingerprint density at radius 2 is 1.92 bits per heavy atom. The first-order valence-electron chi connectivity index (χ1n) is 8.41. The van der Waals surface area contributed by atoms with Gasteiger partial charge in [-0.2, -0.15) is 0 Å². The Labute approximate surface area is 147 Å². The van der Waals surface area contributed by atoms with Crippen LogP contribution in [0.4, 0.5) is 0 Å². The van der Waals surface area contributed by atoms with E-state index in [-0.39, 0.29) is 18.5 Å². The quantitative estimate of drug-likeness (QED) is 0.676. The van der Waals surface area contributed by atoms with Crippen molar-refractivity contribution < 1.29 is 23.9 Å². The first-order valence-corrected chi connectivity index (χ1v) is 8.41. The Kier molecular flexibility index (Phi) is 6.80. The summed E-state index contributed by atoms with van der Waals surface area (Å²) in [5.74, 6) is -0.681. The number of amides is 2. The van der Waals surface area contributed by atoms with Gasteiger partial charge in [-0.15, -0.1) is 0 Å². The van der Waals surface area contributed by atoms with E-state index in [1.54, 1.807) is 31.2 Å². The number of esters is 1. The molecule has 1 aliphatic carbocycles. The molecule has 1 N–H and O–H groups in total. The van der Waals surface area contributed by atoms with Gasteiger partial charge in [-0.05, 0) is 31.4 Å². The Morgan fingerprint density at radius 3 is 2.52 bits per heavy atom. The molecule has 1 fully saturated rings. The molecule has 0 radical (unpaired) electrons. The lowest BCUT2D eigenvalue weighted by atomic mass is 10.2. The van der Waals surface area contributed by atoms with Gasteiger partial charge in [0.05, 0.1) is 6.54 Å². The molecule has 136 valence electrons. The van der Waals surface area contributed by atoms with Crippen molar-refractivity contribution in [1.29, 1.82) is 0 Å². The van der Waals surface area contributed by atoms with Gasteiger partial charge < -0.3 is 19.7 Å². The largest absolute Gasteiger partial charge is 0.479 e. The molecule has 1 aliphatic rings. The smallest absolute Gasteiger partial charge is 0.347 e. The fourth-order valence-corrected chi connectivity index (χ4v) is 2.10. The van der Waals surface area contributed by atoms with Crippen molar-refractivity contribution in [3.8, 4) is 5.75 Å². The van der Waals surface area contributed by atoms with Crippen LogP contribution in [0.3, 0.4) is 0 Å². The second-order valence-electron chi connectivity index (χ2n) is 6.03. The number of para-hydroxylation sites is 1. The molecule has 0 aliphatic heterocycles. The van der Waals surface area contributed by atoms with Crippen LogP contribution in [0.2, 0.25) is 0 Å². The van der Waals surface area contributed by atoms with E-state index >= 15 is 0 Å². The summed E-state index contributed by atoms with van der Waals surface area (Å²) >= 11 is 0. The molecule has 0 heterocycles. The van der Waals surface area contributed by atoms with E-state index in [0.29, 0.717) is 12.2 Å². The van der Waals surface area contributed by atoms with E-state index in [0.717, 1.165) is 12.8 Å². The van der Waals surface area contributed by atoms with Crippen LogP contribution < -0.4 is 10.1 Å². The highest BCUT2D eigenvalue weighted by Crippen LogP contribution is 2.18. The van der Waals surface area contributed by atoms with Crippen molar-refractivity contribution in [2.75, 3.05) is 20.2 Å². The van der Waals surface area contributed by atoms with Crippen molar-refractivity contribution in [3.05, 3.63) is 30.3 Å². The molecule has 1 saturated carbocycles. The minimum atomic E-state index is -0.779. The number of nitrogens with one attached hydrogen (secondary N) is 1. The lowest BCUT2D eigenvalue weighted by Crippen LogP contribution is -2.41. The van der Waals surface area contributed by atoms with Crippen LogP contribution in [-0.4, -0.2) is 55.0 Å². The lowest BCUT2D eigenvalue weighted by molar-refractivity contribution is -0.158. The summed E-state index contributed by atoms with van der Waals surface area (Å²) in [5, 5.41) is 2.80. The zero-order chi connectivity index (χ0) is 18.2. The van der Waals surface area contributed by atoms with Crippen molar-refractivity contribution in [2.45, 2.75) is 38.3 Å². The van der Waals surface area contributed by atoms with Gasteiger partial charge in [-0.1, -0.05) is 25.1 Å². The van der Waals surface area contributed by atoms with Gasteiger partial charge in [-0.25, -0.2) is 4.79 Å². The fourth-order valence-electron chi connectivity index (χ4n) is 2.10. The van der Waals surface area contributed by atoms with Gasteiger partial charge in [0.25, 0.3) is 5.91 Å². The summed E-state index contributed by atoms with van der Waals surface area (Å²) in [5.41, 5.74) is 0. The minimum absolute atomic E-state index is 0.0510. The van der Waals surface area contributed by atoms with E-state index in [9.17, 15) is 14.4 Å². The molecule has 0 saturated heterocycles. The molecule has 2 rings (SSSR count). The first-order chi connectivity index (χ1) is 12.0. The summed E-state index contributed by atoms with van der Waals surface area (Å²) in [6.45, 7) is 1.33. The van der Waals surface area contributed by atoms with Crippen LogP contribution in [0.5, 0.6) is 5.75 Å². The number of carbonyl (C=O) groups excluding carboxylic acids is 3. The summed E-state index contributed by atoms with van der Waals surface area (Å²) in [6.07, 6.45) is 1.61. The minimum Gasteiger partial charge on any atom is -0.479 e. The zero-order valence-electron chi connectivity index (χ0n) is 14.6. The van der Waals surface area contributed by atoms with Crippen LogP contribution in [-0.2, 0) is 19.1 Å². The molecule has 25 heavy (non-hydrogen) atoms. The fraction of sp³-hybridized carbons (Fsp3) is 0.500. The van der Waals surface area contributed by atoms with E-state index in [2.05, 4.69) is 5.32 Å². The molecule has 1 aromatic carbocycles. The van der Waals surface area contributed by atoms with Gasteiger partial charge in [0.2, 0.25) is 5.91 Å². The molecule has 1 atom stereocenters. The Balaban J connectivity index is 1.74. The average Bonchev–Trinajstić information content (AvgIpc) is 3.41. The Hall–Kier alpha value is -2.57. The number of hydrogen-bond donors (Lipinski definition) is 1. The second-order valence-corrected chi connectivity index (χ2v) is 6.03. The van der Waals surface area contributed by atoms with Crippen molar-refractivity contribution in [3.63, 3.8) is 0 Å². The molecule has 0 bridgehead atoms. The molecule has 0 unspecified atom stereocenters. The third kappa shape index (κ3) is 6.45. The predicted molar refractivity (Wildman–Crippen MR) is 90.9 cm³/mol. The van der Waals surface area contributed by atoms with Gasteiger partial charge in [0.15, 0.2) is 12.7 Å². The molecule has 7 heteroatoms. The first kappa shape index (κ1) is 18.8. The number of ether oxygens (including phenoxy) is 2. The van der Waals surface area contributed by atoms with E-state index in [1.807, 2.05) is 6.07 Å². The Bertz CT molecular complexity index is 601. The molecule has 2 amide bonds. The number of benzene rings is 1. The monoisotopic (exact) mass is 348 g/mol. The van der Waals surface area contributed by atoms with Crippen LogP contribution in [0.25, 0.3) is 0 Å². The molecule has 1 aromatic rings. The highest BCUT2D eigenvalue weighted by Gasteiger charge is 2.25. The van der Waals surface area contributed by atoms with Crippen molar-refractivity contribution in [1.82, 2.24) is 10.2 Å². The van der Waals surface area contributed by atoms with Gasteiger partial charge >= 0.3 is 5.97 Å². The number of carbonyl (C=O) groups is 3. The molecular formula is C18H24N2O5. The maximum atomic E-state index is 12.1. The SMILES string of the molecule is CC[C@H](Oc1ccccc1)C(=O)OCC(=O)N(C)CC(=O)NC1CC1. The Morgan fingerprint density at radius 1 is 1.24 bits per heavy atom. The third-order valence-electron chi connectivity index (χ3n) is 3.74. The van der Waals surface area contributed by atoms with Crippen LogP contribution in [0, 0.1) is 0 Å². The van der Waals surface area contributed by atoms with Crippen LogP contribution >= 0.6 is 0 Å². The van der Waals surface area contributed by atoms with Gasteiger partial charge in [-0.3, -0.25) is 9.59 Å². The summed E-state index contributed by atoms with van der Waals surface area (Å²) in [6, 6.07) is 9.19. The summed E-state index contributed by atoms with van der Waals surface area (Å²) in [7, 11) is 1.50. The standard InChI is InChI=1S/C18H24N2O5/c1-3-15(25-14-7-5-4-6-8-14)18(23)24-12-17(22)20(2)11-16(21)19-13-9-10-13/h4-8,13,15H,3,9-12H2,1-2H3,(H,19,21)/t15-/m0/s1. The summed E-state index contributed by atoms with van der Waals surface area (Å²) < 4.78 is 10.6. The number of hydrogen-bond acceptors (Lipinski definition) is 5. The van der Waals surface area contributed by atoms with Crippen LogP contribution in [0.1, 0.15) is 26.2 Å². The highest BCUT2D eigenvalue weighted by atomic mass is 16.6. The van der Waals surface area contributed by atoms with Crippen molar-refractivity contribution >= 4 is 17.8 Å². The highest BCUT2D eigenvalue weighted by molar-refractivity contribution is 5.86. The van der Waals surface area contributed by atoms with E-state index in [1.165, 1.54) is 11.9 Å². The topological polar surface area (TPSA) is 84.9 Å². The number of nitrogens with zero attached hydrogens (tertiary/aromatic N) is 1. The van der Waals surface area contributed by atoms with Gasteiger partial charge in [0.1, 0.15) is 5.75 Å². The maximum Gasteiger partial charge on any atom is 0.347 e. The molecule has 0 spiro atoms. The van der Waals surface area contributed by atoms with Gasteiger partial charge in [0, 0.05) is 13.1 Å². The number of likely N-dealkylation sites (N-methyl/N-ethyl adjacent to an activating group) is 1. The van der Waals surface area contributed by atoms with Crippen LogP contribution in [0.15, 0.2) is 30.3 Å². The van der Waals surface area contributed by atoms with E-state index in [4.69, 9.17) is 9.47 Å². The summed E-state index contributed by atoms with van der Waals surface area (Å²) in [4.78, 5) is 37.0. The molecule has 7 nitrogen and oxygen atoms in total. The predicted octanol–water partition coefficient (Wildman–Crippen LogP) is 1.12. The van der Waals surface area contributed by atoms with Crippen molar-refractivity contribution in [2.24, 2.45) is 0 Å². The maximum absolute atomic E-state index is 12.1. The lowest BCUT2D eigenvalue weighted by Gasteiger charge is -2.19.